The average Bonchev–Trinajstić information content (AvgIpc) is 3.22. The Hall–Kier alpha value is -3.32. The third kappa shape index (κ3) is 5.24. The van der Waals surface area contributed by atoms with Gasteiger partial charge in [-0.1, -0.05) is 37.3 Å². The minimum Gasteiger partial charge on any atom is -0.497 e. The van der Waals surface area contributed by atoms with Crippen molar-refractivity contribution in [1.82, 2.24) is 0 Å². The first-order valence-corrected chi connectivity index (χ1v) is 10.7. The number of hydrogen-bond acceptors (Lipinski definition) is 6. The van der Waals surface area contributed by atoms with Crippen LogP contribution in [0, 0.1) is 0 Å². The molecule has 3 aromatic rings. The molecule has 0 saturated heterocycles. The van der Waals surface area contributed by atoms with Crippen molar-refractivity contribution in [2.45, 2.75) is 19.8 Å². The molecule has 0 bridgehead atoms. The van der Waals surface area contributed by atoms with E-state index >= 15 is 0 Å². The molecule has 7 heteroatoms. The number of anilines is 1. The maximum atomic E-state index is 13.0. The van der Waals surface area contributed by atoms with Gasteiger partial charge in [-0.05, 0) is 30.7 Å². The Morgan fingerprint density at radius 3 is 2.23 bits per heavy atom. The van der Waals surface area contributed by atoms with Gasteiger partial charge < -0.3 is 19.5 Å². The molecule has 1 amide bonds. The minimum absolute atomic E-state index is 0.0574. The summed E-state index contributed by atoms with van der Waals surface area (Å²) in [5, 5.41) is 3.31. The molecule has 2 aromatic carbocycles. The Labute approximate surface area is 185 Å². The van der Waals surface area contributed by atoms with Gasteiger partial charge in [0, 0.05) is 22.4 Å². The largest absolute Gasteiger partial charge is 0.497 e. The molecule has 0 unspecified atom stereocenters. The van der Waals surface area contributed by atoms with Crippen molar-refractivity contribution in [2.75, 3.05) is 26.1 Å². The molecule has 6 nitrogen and oxygen atoms in total. The van der Waals surface area contributed by atoms with E-state index in [1.54, 1.807) is 31.2 Å². The summed E-state index contributed by atoms with van der Waals surface area (Å²) in [6, 6.07) is 16.7. The third-order valence-corrected chi connectivity index (χ3v) is 6.05. The highest BCUT2D eigenvalue weighted by atomic mass is 32.1. The Morgan fingerprint density at radius 2 is 1.65 bits per heavy atom. The molecule has 1 N–H and O–H groups in total. The zero-order chi connectivity index (χ0) is 22.4. The molecule has 0 aliphatic heterocycles. The number of hydrogen-bond donors (Lipinski definition) is 1. The van der Waals surface area contributed by atoms with E-state index in [2.05, 4.69) is 12.2 Å². The minimum atomic E-state index is -0.469. The number of carbonyl (C=O) groups excluding carboxylic acids is 2. The van der Waals surface area contributed by atoms with E-state index in [9.17, 15) is 9.59 Å². The number of esters is 1. The summed E-state index contributed by atoms with van der Waals surface area (Å²) >= 11 is 1.36. The normalized spacial score (nSPS) is 11.5. The van der Waals surface area contributed by atoms with Crippen LogP contribution in [0.3, 0.4) is 0 Å². The molecule has 0 aliphatic carbocycles. The van der Waals surface area contributed by atoms with Crippen LogP contribution in [-0.4, -0.2) is 32.7 Å². The standard InChI is InChI=1S/C24H25NO5S/c1-5-30-24(27)20-14-21(15(2)16-9-7-6-8-10-16)31-23(20)25-22(26)17-11-18(28-3)13-19(12-17)29-4/h6-15H,5H2,1-4H3,(H,25,26)/t15-/m1/s1. The zero-order valence-corrected chi connectivity index (χ0v) is 18.7. The fraction of sp³-hybridized carbons (Fsp3) is 0.250. The first-order valence-electron chi connectivity index (χ1n) is 9.87. The Bertz CT molecular complexity index is 1040. The lowest BCUT2D eigenvalue weighted by Crippen LogP contribution is -2.14. The second-order valence-corrected chi connectivity index (χ2v) is 7.88. The summed E-state index contributed by atoms with van der Waals surface area (Å²) in [5.74, 6) is 0.216. The van der Waals surface area contributed by atoms with Gasteiger partial charge in [0.2, 0.25) is 0 Å². The summed E-state index contributed by atoms with van der Waals surface area (Å²) in [6.07, 6.45) is 0. The summed E-state index contributed by atoms with van der Waals surface area (Å²) in [7, 11) is 3.04. The molecule has 1 atom stereocenters. The van der Waals surface area contributed by atoms with Crippen molar-refractivity contribution < 1.29 is 23.8 Å². The Morgan fingerprint density at radius 1 is 1.00 bits per heavy atom. The topological polar surface area (TPSA) is 73.9 Å². The van der Waals surface area contributed by atoms with Crippen LogP contribution in [0.25, 0.3) is 0 Å². The number of thiophene rings is 1. The predicted molar refractivity (Wildman–Crippen MR) is 122 cm³/mol. The maximum absolute atomic E-state index is 13.0. The first-order chi connectivity index (χ1) is 15.0. The van der Waals surface area contributed by atoms with Gasteiger partial charge in [-0.25, -0.2) is 4.79 Å². The lowest BCUT2D eigenvalue weighted by molar-refractivity contribution is 0.0528. The van der Waals surface area contributed by atoms with Gasteiger partial charge in [0.25, 0.3) is 5.91 Å². The molecule has 0 aliphatic rings. The molecule has 3 rings (SSSR count). The van der Waals surface area contributed by atoms with Crippen LogP contribution in [0.5, 0.6) is 11.5 Å². The van der Waals surface area contributed by atoms with Crippen molar-refractivity contribution in [1.29, 1.82) is 0 Å². The SMILES string of the molecule is CCOC(=O)c1cc([C@H](C)c2ccccc2)sc1NC(=O)c1cc(OC)cc(OC)c1. The summed E-state index contributed by atoms with van der Waals surface area (Å²) in [6.45, 7) is 4.06. The van der Waals surface area contributed by atoms with Gasteiger partial charge in [0.15, 0.2) is 0 Å². The predicted octanol–water partition coefficient (Wildman–Crippen LogP) is 5.35. The Kier molecular flexibility index (Phi) is 7.31. The molecule has 1 heterocycles. The van der Waals surface area contributed by atoms with Crippen molar-refractivity contribution >= 4 is 28.2 Å². The second kappa shape index (κ2) is 10.1. The number of ether oxygens (including phenoxy) is 3. The molecular formula is C24H25NO5S. The van der Waals surface area contributed by atoms with Crippen LogP contribution in [0.2, 0.25) is 0 Å². The van der Waals surface area contributed by atoms with E-state index in [0.29, 0.717) is 27.6 Å². The van der Waals surface area contributed by atoms with Crippen LogP contribution in [-0.2, 0) is 4.74 Å². The van der Waals surface area contributed by atoms with Crippen LogP contribution in [0.1, 0.15) is 50.9 Å². The fourth-order valence-corrected chi connectivity index (χ4v) is 4.22. The van der Waals surface area contributed by atoms with E-state index < -0.39 is 5.97 Å². The van der Waals surface area contributed by atoms with Gasteiger partial charge in [0.1, 0.15) is 16.5 Å². The number of amides is 1. The van der Waals surface area contributed by atoms with Crippen LogP contribution in [0.4, 0.5) is 5.00 Å². The van der Waals surface area contributed by atoms with Crippen molar-refractivity contribution in [3.05, 3.63) is 76.2 Å². The second-order valence-electron chi connectivity index (χ2n) is 6.80. The molecular weight excluding hydrogens is 414 g/mol. The summed E-state index contributed by atoms with van der Waals surface area (Å²) in [5.41, 5.74) is 1.82. The number of benzene rings is 2. The monoisotopic (exact) mass is 439 g/mol. The van der Waals surface area contributed by atoms with E-state index in [1.807, 2.05) is 30.3 Å². The van der Waals surface area contributed by atoms with E-state index in [0.717, 1.165) is 10.4 Å². The third-order valence-electron chi connectivity index (χ3n) is 4.81. The van der Waals surface area contributed by atoms with E-state index in [4.69, 9.17) is 14.2 Å². The number of carbonyl (C=O) groups is 2. The molecule has 0 radical (unpaired) electrons. The molecule has 0 saturated carbocycles. The van der Waals surface area contributed by atoms with Crippen molar-refractivity contribution in [3.63, 3.8) is 0 Å². The highest BCUT2D eigenvalue weighted by molar-refractivity contribution is 7.16. The van der Waals surface area contributed by atoms with Gasteiger partial charge in [-0.3, -0.25) is 4.79 Å². The summed E-state index contributed by atoms with van der Waals surface area (Å²) < 4.78 is 15.7. The van der Waals surface area contributed by atoms with Crippen molar-refractivity contribution in [3.8, 4) is 11.5 Å². The van der Waals surface area contributed by atoms with E-state index in [1.165, 1.54) is 25.6 Å². The molecule has 0 spiro atoms. The lowest BCUT2D eigenvalue weighted by Gasteiger charge is -2.10. The lowest BCUT2D eigenvalue weighted by atomic mass is 9.99. The van der Waals surface area contributed by atoms with Gasteiger partial charge in [0.05, 0.1) is 26.4 Å². The quantitative estimate of drug-likeness (QED) is 0.479. The molecule has 162 valence electrons. The molecule has 1 aromatic heterocycles. The van der Waals surface area contributed by atoms with Gasteiger partial charge >= 0.3 is 5.97 Å². The number of methoxy groups -OCH3 is 2. The highest BCUT2D eigenvalue weighted by Gasteiger charge is 2.23. The van der Waals surface area contributed by atoms with E-state index in [-0.39, 0.29) is 18.4 Å². The van der Waals surface area contributed by atoms with Crippen LogP contribution in [0.15, 0.2) is 54.6 Å². The smallest absolute Gasteiger partial charge is 0.341 e. The molecule has 31 heavy (non-hydrogen) atoms. The molecule has 0 fully saturated rings. The van der Waals surface area contributed by atoms with Crippen LogP contribution < -0.4 is 14.8 Å². The van der Waals surface area contributed by atoms with Gasteiger partial charge in [-0.2, -0.15) is 0 Å². The Balaban J connectivity index is 1.94. The van der Waals surface area contributed by atoms with Crippen molar-refractivity contribution in [2.24, 2.45) is 0 Å². The fourth-order valence-electron chi connectivity index (χ4n) is 3.10. The van der Waals surface area contributed by atoms with Crippen LogP contribution >= 0.6 is 11.3 Å². The van der Waals surface area contributed by atoms with Gasteiger partial charge in [-0.15, -0.1) is 11.3 Å². The zero-order valence-electron chi connectivity index (χ0n) is 17.9. The average molecular weight is 440 g/mol. The number of nitrogens with one attached hydrogen (secondary N) is 1. The summed E-state index contributed by atoms with van der Waals surface area (Å²) in [4.78, 5) is 26.5. The maximum Gasteiger partial charge on any atom is 0.341 e. The first kappa shape index (κ1) is 22.4. The number of rotatable bonds is 8. The highest BCUT2D eigenvalue weighted by Crippen LogP contribution is 2.37.